The summed E-state index contributed by atoms with van der Waals surface area (Å²) in [6.45, 7) is 11.2. The van der Waals surface area contributed by atoms with Crippen LogP contribution in [0.1, 0.15) is 67.2 Å². The number of halogens is 2. The van der Waals surface area contributed by atoms with Gasteiger partial charge in [-0.15, -0.1) is 11.8 Å². The number of rotatable bonds is 9. The average Bonchev–Trinajstić information content (AvgIpc) is 2.56. The van der Waals surface area contributed by atoms with E-state index in [-0.39, 0.29) is 28.5 Å². The van der Waals surface area contributed by atoms with E-state index in [1.54, 1.807) is 0 Å². The van der Waals surface area contributed by atoms with Gasteiger partial charge in [0.1, 0.15) is 16.7 Å². The number of ether oxygens (including phenoxy) is 1. The lowest BCUT2D eigenvalue weighted by atomic mass is 10.1. The summed E-state index contributed by atoms with van der Waals surface area (Å²) in [4.78, 5) is 25.3. The number of carbonyl (C=O) groups excluding carboxylic acids is 2. The molecule has 158 valence electrons. The van der Waals surface area contributed by atoms with Gasteiger partial charge in [0, 0.05) is 10.8 Å². The third-order valence-corrected chi connectivity index (χ3v) is 5.67. The van der Waals surface area contributed by atoms with Gasteiger partial charge in [-0.1, -0.05) is 45.2 Å². The first-order valence-corrected chi connectivity index (χ1v) is 10.9. The zero-order chi connectivity index (χ0) is 21.5. The van der Waals surface area contributed by atoms with Gasteiger partial charge >= 0.3 is 5.97 Å². The summed E-state index contributed by atoms with van der Waals surface area (Å²) in [7, 11) is 0. The number of carbonyl (C=O) groups is 2. The summed E-state index contributed by atoms with van der Waals surface area (Å²) in [5, 5.41) is 2.37. The minimum Gasteiger partial charge on any atom is -0.459 e. The zero-order valence-electron chi connectivity index (χ0n) is 17.5. The molecule has 0 saturated carbocycles. The molecule has 1 aromatic rings. The molecule has 0 radical (unpaired) electrons. The highest BCUT2D eigenvalue weighted by atomic mass is 35.5. The van der Waals surface area contributed by atoms with Crippen molar-refractivity contribution in [3.05, 3.63) is 23.0 Å². The lowest BCUT2D eigenvalue weighted by Crippen LogP contribution is -2.30. The van der Waals surface area contributed by atoms with Crippen molar-refractivity contribution in [3.8, 4) is 0 Å². The maximum Gasteiger partial charge on any atom is 0.319 e. The molecule has 0 aromatic heterocycles. The van der Waals surface area contributed by atoms with E-state index in [2.05, 4.69) is 5.32 Å². The number of amides is 1. The van der Waals surface area contributed by atoms with E-state index in [9.17, 15) is 14.0 Å². The molecule has 28 heavy (non-hydrogen) atoms. The number of benzene rings is 1. The first-order chi connectivity index (χ1) is 13.0. The lowest BCUT2D eigenvalue weighted by molar-refractivity contribution is -0.154. The number of esters is 1. The van der Waals surface area contributed by atoms with Gasteiger partial charge in [0.05, 0.1) is 10.7 Å². The molecule has 7 heteroatoms. The fourth-order valence-electron chi connectivity index (χ4n) is 2.54. The number of hydrogen-bond acceptors (Lipinski definition) is 4. The molecule has 0 aliphatic heterocycles. The second-order valence-electron chi connectivity index (χ2n) is 7.87. The van der Waals surface area contributed by atoms with Gasteiger partial charge in [0.15, 0.2) is 0 Å². The van der Waals surface area contributed by atoms with Crippen molar-refractivity contribution in [1.29, 1.82) is 0 Å². The van der Waals surface area contributed by atoms with Crippen LogP contribution < -0.4 is 5.32 Å². The third-order valence-electron chi connectivity index (χ3n) is 3.94. The molecule has 2 atom stereocenters. The first-order valence-electron chi connectivity index (χ1n) is 9.67. The Morgan fingerprint density at radius 2 is 1.82 bits per heavy atom. The molecule has 0 aliphatic rings. The van der Waals surface area contributed by atoms with Crippen LogP contribution in [0.15, 0.2) is 17.0 Å². The number of hydrogen-bond donors (Lipinski definition) is 1. The van der Waals surface area contributed by atoms with Crippen LogP contribution in [0.3, 0.4) is 0 Å². The van der Waals surface area contributed by atoms with Gasteiger partial charge in [-0.25, -0.2) is 4.39 Å². The Morgan fingerprint density at radius 1 is 1.21 bits per heavy atom. The topological polar surface area (TPSA) is 55.4 Å². The van der Waals surface area contributed by atoms with Crippen LogP contribution in [0.25, 0.3) is 0 Å². The van der Waals surface area contributed by atoms with Gasteiger partial charge in [-0.3, -0.25) is 9.59 Å². The first kappa shape index (κ1) is 24.8. The summed E-state index contributed by atoms with van der Waals surface area (Å²) in [5.74, 6) is -1.39. The Morgan fingerprint density at radius 3 is 2.36 bits per heavy atom. The zero-order valence-corrected chi connectivity index (χ0v) is 19.1. The molecule has 4 nitrogen and oxygen atoms in total. The molecule has 0 saturated heterocycles. The van der Waals surface area contributed by atoms with Gasteiger partial charge < -0.3 is 10.1 Å². The maximum atomic E-state index is 14.3. The molecule has 0 aliphatic carbocycles. The predicted octanol–water partition coefficient (Wildman–Crippen LogP) is 6.46. The van der Waals surface area contributed by atoms with Gasteiger partial charge in [0.25, 0.3) is 0 Å². The Labute approximate surface area is 176 Å². The average molecular weight is 432 g/mol. The van der Waals surface area contributed by atoms with Crippen LogP contribution >= 0.6 is 23.4 Å². The predicted molar refractivity (Wildman–Crippen MR) is 115 cm³/mol. The van der Waals surface area contributed by atoms with Crippen molar-refractivity contribution in [1.82, 2.24) is 0 Å². The highest BCUT2D eigenvalue weighted by molar-refractivity contribution is 8.00. The summed E-state index contributed by atoms with van der Waals surface area (Å²) in [5.41, 5.74) is -0.524. The highest BCUT2D eigenvalue weighted by Gasteiger charge is 2.27. The molecular weight excluding hydrogens is 401 g/mol. The molecule has 1 rings (SSSR count). The Hall–Kier alpha value is -1.27. The van der Waals surface area contributed by atoms with Crippen molar-refractivity contribution >= 4 is 40.9 Å². The van der Waals surface area contributed by atoms with Crippen LogP contribution in [-0.2, 0) is 14.3 Å². The van der Waals surface area contributed by atoms with E-state index in [0.717, 1.165) is 19.3 Å². The van der Waals surface area contributed by atoms with E-state index in [4.69, 9.17) is 16.3 Å². The standard InChI is InChI=1S/C21H31ClFNO3S/c1-7-9-13(3)19(25)24-16-12-18(14(22)11-15(16)23)28-17(10-8-2)20(26)27-21(4,5)6/h11-13,17H,7-10H2,1-6H3,(H,24,25). The Bertz CT molecular complexity index is 691. The second kappa shape index (κ2) is 11.1. The van der Waals surface area contributed by atoms with E-state index in [1.165, 1.54) is 23.9 Å². The molecule has 1 aromatic carbocycles. The summed E-state index contributed by atoms with van der Waals surface area (Å²) in [6.07, 6.45) is 2.98. The molecule has 0 spiro atoms. The molecule has 2 unspecified atom stereocenters. The second-order valence-corrected chi connectivity index (χ2v) is 9.52. The molecule has 0 fully saturated rings. The van der Waals surface area contributed by atoms with Crippen LogP contribution in [0.4, 0.5) is 10.1 Å². The minimum absolute atomic E-state index is 0.0688. The quantitative estimate of drug-likeness (QED) is 0.360. The molecule has 0 bridgehead atoms. The lowest BCUT2D eigenvalue weighted by Gasteiger charge is -2.24. The largest absolute Gasteiger partial charge is 0.459 e. The van der Waals surface area contributed by atoms with E-state index >= 15 is 0 Å². The van der Waals surface area contributed by atoms with E-state index < -0.39 is 16.7 Å². The number of nitrogens with one attached hydrogen (secondary N) is 1. The van der Waals surface area contributed by atoms with Crippen molar-refractivity contribution in [2.24, 2.45) is 5.92 Å². The van der Waals surface area contributed by atoms with Crippen LogP contribution in [0.2, 0.25) is 5.02 Å². The Kier molecular flexibility index (Phi) is 9.78. The highest BCUT2D eigenvalue weighted by Crippen LogP contribution is 2.36. The fourth-order valence-corrected chi connectivity index (χ4v) is 3.99. The molecule has 1 N–H and O–H groups in total. The summed E-state index contributed by atoms with van der Waals surface area (Å²) >= 11 is 7.44. The number of thioether (sulfide) groups is 1. The Balaban J connectivity index is 3.05. The van der Waals surface area contributed by atoms with Crippen LogP contribution in [0, 0.1) is 11.7 Å². The summed E-state index contributed by atoms with van der Waals surface area (Å²) in [6, 6.07) is 2.66. The monoisotopic (exact) mass is 431 g/mol. The number of anilines is 1. The van der Waals surface area contributed by atoms with E-state index in [1.807, 2.05) is 41.5 Å². The van der Waals surface area contributed by atoms with Crippen LogP contribution in [0.5, 0.6) is 0 Å². The molecular formula is C21H31ClFNO3S. The SMILES string of the molecule is CCCC(C)C(=O)Nc1cc(SC(CCC)C(=O)OC(C)(C)C)c(Cl)cc1F. The van der Waals surface area contributed by atoms with E-state index in [0.29, 0.717) is 11.3 Å². The van der Waals surface area contributed by atoms with Gasteiger partial charge in [-0.2, -0.15) is 0 Å². The van der Waals surface area contributed by atoms with Crippen molar-refractivity contribution in [2.75, 3.05) is 5.32 Å². The normalized spacial score (nSPS) is 13.7. The molecule has 0 heterocycles. The van der Waals surface area contributed by atoms with Crippen LogP contribution in [-0.4, -0.2) is 22.7 Å². The molecule has 1 amide bonds. The third kappa shape index (κ3) is 8.00. The van der Waals surface area contributed by atoms with Gasteiger partial charge in [-0.05, 0) is 45.7 Å². The van der Waals surface area contributed by atoms with Gasteiger partial charge in [0.2, 0.25) is 5.91 Å². The maximum absolute atomic E-state index is 14.3. The smallest absolute Gasteiger partial charge is 0.319 e. The van der Waals surface area contributed by atoms with Crippen molar-refractivity contribution in [3.63, 3.8) is 0 Å². The minimum atomic E-state index is -0.601. The fraction of sp³-hybridized carbons (Fsp3) is 0.619. The van der Waals surface area contributed by atoms with Crippen molar-refractivity contribution < 1.29 is 18.7 Å². The summed E-state index contributed by atoms with van der Waals surface area (Å²) < 4.78 is 19.8. The van der Waals surface area contributed by atoms with Crippen molar-refractivity contribution in [2.45, 2.75) is 83.0 Å².